The van der Waals surface area contributed by atoms with E-state index >= 15 is 0 Å². The van der Waals surface area contributed by atoms with Gasteiger partial charge in [-0.05, 0) is 19.9 Å². The number of carbonyl (C=O) groups excluding carboxylic acids is 1. The standard InChI is InChI=1S/C9H15NO/c1-8(2)7-9(11)5-6-10(3)4/h5-7H,1-4H3. The second kappa shape index (κ2) is 4.72. The fraction of sp³-hybridized carbons (Fsp3) is 0.444. The average Bonchev–Trinajstić information content (AvgIpc) is 1.82. The maximum atomic E-state index is 11.0. The van der Waals surface area contributed by atoms with E-state index in [4.69, 9.17) is 0 Å². The van der Waals surface area contributed by atoms with Gasteiger partial charge in [0, 0.05) is 26.4 Å². The van der Waals surface area contributed by atoms with Gasteiger partial charge in [0.2, 0.25) is 0 Å². The molecule has 0 atom stereocenters. The first-order valence-electron chi connectivity index (χ1n) is 3.56. The number of carbonyl (C=O) groups is 1. The number of nitrogens with zero attached hydrogens (tertiary/aromatic N) is 1. The fourth-order valence-electron chi connectivity index (χ4n) is 0.555. The molecule has 0 rings (SSSR count). The summed E-state index contributed by atoms with van der Waals surface area (Å²) in [6.07, 6.45) is 4.90. The monoisotopic (exact) mass is 153 g/mol. The maximum Gasteiger partial charge on any atom is 0.180 e. The predicted octanol–water partition coefficient (Wildman–Crippen LogP) is 1.60. The zero-order valence-corrected chi connectivity index (χ0v) is 7.59. The highest BCUT2D eigenvalue weighted by molar-refractivity contribution is 5.99. The molecule has 2 nitrogen and oxygen atoms in total. The molecule has 0 amide bonds. The minimum absolute atomic E-state index is 0.0405. The summed E-state index contributed by atoms with van der Waals surface area (Å²) in [5, 5.41) is 0. The van der Waals surface area contributed by atoms with Gasteiger partial charge in [0.15, 0.2) is 5.78 Å². The van der Waals surface area contributed by atoms with Gasteiger partial charge in [-0.2, -0.15) is 0 Å². The third kappa shape index (κ3) is 6.84. The SMILES string of the molecule is CC(C)=CC(=O)C=CN(C)C. The molecule has 0 aromatic rings. The highest BCUT2D eigenvalue weighted by Gasteiger charge is 1.88. The van der Waals surface area contributed by atoms with Crippen molar-refractivity contribution in [3.63, 3.8) is 0 Å². The molecule has 0 unspecified atom stereocenters. The first-order valence-corrected chi connectivity index (χ1v) is 3.56. The van der Waals surface area contributed by atoms with E-state index < -0.39 is 0 Å². The second-order valence-corrected chi connectivity index (χ2v) is 2.90. The van der Waals surface area contributed by atoms with Crippen molar-refractivity contribution in [3.8, 4) is 0 Å². The molecule has 62 valence electrons. The number of hydrogen-bond donors (Lipinski definition) is 0. The van der Waals surface area contributed by atoms with Crippen LogP contribution in [0, 0.1) is 0 Å². The highest BCUT2D eigenvalue weighted by Crippen LogP contribution is 1.90. The van der Waals surface area contributed by atoms with Gasteiger partial charge in [0.25, 0.3) is 0 Å². The molecule has 11 heavy (non-hydrogen) atoms. The minimum atomic E-state index is 0.0405. The second-order valence-electron chi connectivity index (χ2n) is 2.90. The number of ketones is 1. The van der Waals surface area contributed by atoms with E-state index in [9.17, 15) is 4.79 Å². The molecule has 0 aliphatic carbocycles. The lowest BCUT2D eigenvalue weighted by molar-refractivity contribution is -0.110. The molecule has 0 aliphatic rings. The number of rotatable bonds is 3. The van der Waals surface area contributed by atoms with Gasteiger partial charge in [-0.15, -0.1) is 0 Å². The molecule has 0 bridgehead atoms. The van der Waals surface area contributed by atoms with Crippen LogP contribution < -0.4 is 0 Å². The lowest BCUT2D eigenvalue weighted by Crippen LogP contribution is -2.01. The Labute approximate surface area is 68.2 Å². The molecular weight excluding hydrogens is 138 g/mol. The minimum Gasteiger partial charge on any atom is -0.383 e. The van der Waals surface area contributed by atoms with Gasteiger partial charge in [-0.3, -0.25) is 4.79 Å². The summed E-state index contributed by atoms with van der Waals surface area (Å²) in [5.41, 5.74) is 1.03. The Hall–Kier alpha value is -1.05. The Balaban J connectivity index is 3.99. The molecule has 0 N–H and O–H groups in total. The number of allylic oxidation sites excluding steroid dienone is 3. The van der Waals surface area contributed by atoms with Crippen LogP contribution in [0.25, 0.3) is 0 Å². The van der Waals surface area contributed by atoms with Crippen molar-refractivity contribution in [1.82, 2.24) is 4.90 Å². The molecule has 0 heterocycles. The van der Waals surface area contributed by atoms with Crippen molar-refractivity contribution in [3.05, 3.63) is 23.9 Å². The largest absolute Gasteiger partial charge is 0.383 e. The van der Waals surface area contributed by atoms with Crippen LogP contribution in [0.15, 0.2) is 23.9 Å². The van der Waals surface area contributed by atoms with Crippen LogP contribution in [0.2, 0.25) is 0 Å². The van der Waals surface area contributed by atoms with Crippen molar-refractivity contribution in [2.24, 2.45) is 0 Å². The van der Waals surface area contributed by atoms with E-state index in [0.717, 1.165) is 5.57 Å². The molecule has 0 radical (unpaired) electrons. The van der Waals surface area contributed by atoms with Crippen molar-refractivity contribution in [2.75, 3.05) is 14.1 Å². The van der Waals surface area contributed by atoms with Gasteiger partial charge in [-0.1, -0.05) is 5.57 Å². The molecular formula is C9H15NO. The normalized spacial score (nSPS) is 9.82. The van der Waals surface area contributed by atoms with Gasteiger partial charge < -0.3 is 4.90 Å². The number of hydrogen-bond acceptors (Lipinski definition) is 2. The van der Waals surface area contributed by atoms with E-state index in [1.165, 1.54) is 0 Å². The Morgan fingerprint density at radius 1 is 1.27 bits per heavy atom. The first kappa shape index (κ1) is 9.95. The van der Waals surface area contributed by atoms with Crippen molar-refractivity contribution >= 4 is 5.78 Å². The van der Waals surface area contributed by atoms with Crippen LogP contribution in [0.1, 0.15) is 13.8 Å². The summed E-state index contributed by atoms with van der Waals surface area (Å²) in [4.78, 5) is 12.8. The maximum absolute atomic E-state index is 11.0. The molecule has 0 aliphatic heterocycles. The van der Waals surface area contributed by atoms with Crippen LogP contribution in [0.5, 0.6) is 0 Å². The van der Waals surface area contributed by atoms with Crippen LogP contribution in [-0.2, 0) is 4.79 Å². The Morgan fingerprint density at radius 3 is 2.18 bits per heavy atom. The summed E-state index contributed by atoms with van der Waals surface area (Å²) in [6, 6.07) is 0. The zero-order chi connectivity index (χ0) is 8.85. The van der Waals surface area contributed by atoms with E-state index in [-0.39, 0.29) is 5.78 Å². The molecule has 0 aromatic carbocycles. The van der Waals surface area contributed by atoms with Crippen molar-refractivity contribution < 1.29 is 4.79 Å². The van der Waals surface area contributed by atoms with E-state index in [0.29, 0.717) is 0 Å². The van der Waals surface area contributed by atoms with E-state index in [2.05, 4.69) is 0 Å². The van der Waals surface area contributed by atoms with Crippen LogP contribution in [0.4, 0.5) is 0 Å². The molecule has 0 aromatic heterocycles. The predicted molar refractivity (Wildman–Crippen MR) is 47.3 cm³/mol. The smallest absolute Gasteiger partial charge is 0.180 e. The summed E-state index contributed by atoms with van der Waals surface area (Å²) in [6.45, 7) is 3.81. The highest BCUT2D eigenvalue weighted by atomic mass is 16.1. The van der Waals surface area contributed by atoms with Gasteiger partial charge >= 0.3 is 0 Å². The average molecular weight is 153 g/mol. The molecule has 0 saturated carbocycles. The van der Waals surface area contributed by atoms with Gasteiger partial charge in [0.1, 0.15) is 0 Å². The van der Waals surface area contributed by atoms with Crippen molar-refractivity contribution in [1.29, 1.82) is 0 Å². The topological polar surface area (TPSA) is 20.3 Å². The van der Waals surface area contributed by atoms with Crippen LogP contribution in [-0.4, -0.2) is 24.8 Å². The molecule has 2 heteroatoms. The van der Waals surface area contributed by atoms with E-state index in [1.54, 1.807) is 18.4 Å². The Kier molecular flexibility index (Phi) is 4.27. The molecule has 0 saturated heterocycles. The van der Waals surface area contributed by atoms with Gasteiger partial charge in [-0.25, -0.2) is 0 Å². The lowest BCUT2D eigenvalue weighted by atomic mass is 10.2. The van der Waals surface area contributed by atoms with Crippen LogP contribution in [0.3, 0.4) is 0 Å². The summed E-state index contributed by atoms with van der Waals surface area (Å²) >= 11 is 0. The van der Waals surface area contributed by atoms with Crippen LogP contribution >= 0.6 is 0 Å². The summed E-state index contributed by atoms with van der Waals surface area (Å²) in [5.74, 6) is 0.0405. The molecule has 0 fully saturated rings. The van der Waals surface area contributed by atoms with Crippen molar-refractivity contribution in [2.45, 2.75) is 13.8 Å². The first-order chi connectivity index (χ1) is 5.02. The summed E-state index contributed by atoms with van der Waals surface area (Å²) in [7, 11) is 3.76. The van der Waals surface area contributed by atoms with Gasteiger partial charge in [0.05, 0.1) is 0 Å². The molecule has 0 spiro atoms. The third-order valence-electron chi connectivity index (χ3n) is 0.968. The Morgan fingerprint density at radius 2 is 1.82 bits per heavy atom. The fourth-order valence-corrected chi connectivity index (χ4v) is 0.555. The quantitative estimate of drug-likeness (QED) is 0.574. The third-order valence-corrected chi connectivity index (χ3v) is 0.968. The summed E-state index contributed by atoms with van der Waals surface area (Å²) < 4.78 is 0. The lowest BCUT2D eigenvalue weighted by Gasteiger charge is -2.01. The Bertz CT molecular complexity index is 186. The zero-order valence-electron chi connectivity index (χ0n) is 7.59. The van der Waals surface area contributed by atoms with E-state index in [1.807, 2.05) is 32.8 Å².